The Balaban J connectivity index is 1.26. The van der Waals surface area contributed by atoms with Crippen molar-refractivity contribution in [3.05, 3.63) is 145 Å². The summed E-state index contributed by atoms with van der Waals surface area (Å²) in [7, 11) is 0. The molecule has 1 aromatic heterocycles. The molecule has 7 aromatic rings. The standard InChI is InChI=1S/C37H22N2OS/c40-37-29-11-2-1-9-25(29)27-21-22-28-26-10-3-4-12-30(26)39(36(28)35(27)37)24-19-17-23(18-20-24)38-31-13-5-7-15-33(31)41-34-16-8-6-14-32(34)38/h1-22H. The maximum atomic E-state index is 13.8. The molecule has 0 saturated heterocycles. The highest BCUT2D eigenvalue weighted by atomic mass is 32.2. The fourth-order valence-electron chi connectivity index (χ4n) is 6.56. The second kappa shape index (κ2) is 8.47. The number of hydrogen-bond acceptors (Lipinski definition) is 3. The molecule has 9 rings (SSSR count). The molecule has 41 heavy (non-hydrogen) atoms. The summed E-state index contributed by atoms with van der Waals surface area (Å²) in [6.07, 6.45) is 0. The molecule has 192 valence electrons. The van der Waals surface area contributed by atoms with Gasteiger partial charge in [0.1, 0.15) is 0 Å². The Morgan fingerprint density at radius 3 is 1.85 bits per heavy atom. The summed E-state index contributed by atoms with van der Waals surface area (Å²) in [6, 6.07) is 46.6. The summed E-state index contributed by atoms with van der Waals surface area (Å²) in [5.74, 6) is 0.0981. The van der Waals surface area contributed by atoms with E-state index in [9.17, 15) is 4.79 Å². The molecule has 1 aliphatic heterocycles. The Kier molecular flexibility index (Phi) is 4.69. The Bertz CT molecular complexity index is 2160. The van der Waals surface area contributed by atoms with Gasteiger partial charge in [-0.2, -0.15) is 0 Å². The van der Waals surface area contributed by atoms with Crippen LogP contribution in [0.15, 0.2) is 143 Å². The molecular formula is C37H22N2OS. The van der Waals surface area contributed by atoms with Crippen molar-refractivity contribution in [3.63, 3.8) is 0 Å². The van der Waals surface area contributed by atoms with Gasteiger partial charge < -0.3 is 9.47 Å². The third-order valence-electron chi connectivity index (χ3n) is 8.32. The van der Waals surface area contributed by atoms with E-state index in [1.165, 1.54) is 21.2 Å². The van der Waals surface area contributed by atoms with E-state index in [2.05, 4.69) is 125 Å². The molecule has 0 bridgehead atoms. The Hall–Kier alpha value is -5.06. The SMILES string of the molecule is O=C1c2ccccc2-c2ccc3c4ccccc4n(-c4ccc(N5c6ccccc6Sc6ccccc65)cc4)c3c21. The summed E-state index contributed by atoms with van der Waals surface area (Å²) in [5.41, 5.74) is 10.2. The largest absolute Gasteiger partial charge is 0.308 e. The van der Waals surface area contributed by atoms with Crippen LogP contribution in [0.4, 0.5) is 17.1 Å². The van der Waals surface area contributed by atoms with Gasteiger partial charge in [-0.05, 0) is 65.7 Å². The lowest BCUT2D eigenvalue weighted by atomic mass is 10.0. The number of hydrogen-bond donors (Lipinski definition) is 0. The van der Waals surface area contributed by atoms with Crippen LogP contribution in [0, 0.1) is 0 Å². The molecule has 0 amide bonds. The molecule has 0 fully saturated rings. The maximum absolute atomic E-state index is 13.8. The normalized spacial score (nSPS) is 13.3. The first kappa shape index (κ1) is 22.7. The number of fused-ring (bicyclic) bond motifs is 9. The third-order valence-corrected chi connectivity index (χ3v) is 9.45. The van der Waals surface area contributed by atoms with Crippen molar-refractivity contribution in [2.45, 2.75) is 9.79 Å². The van der Waals surface area contributed by atoms with E-state index < -0.39 is 0 Å². The molecule has 0 atom stereocenters. The molecule has 2 heterocycles. The highest BCUT2D eigenvalue weighted by molar-refractivity contribution is 7.99. The van der Waals surface area contributed by atoms with Gasteiger partial charge in [0.2, 0.25) is 0 Å². The second-order valence-electron chi connectivity index (χ2n) is 10.5. The molecule has 0 spiro atoms. The van der Waals surface area contributed by atoms with E-state index in [1.54, 1.807) is 0 Å². The minimum Gasteiger partial charge on any atom is -0.308 e. The van der Waals surface area contributed by atoms with Gasteiger partial charge in [-0.3, -0.25) is 4.79 Å². The molecule has 4 heteroatoms. The number of ketones is 1. The van der Waals surface area contributed by atoms with Crippen LogP contribution in [0.25, 0.3) is 38.6 Å². The zero-order valence-electron chi connectivity index (χ0n) is 21.9. The highest BCUT2D eigenvalue weighted by Crippen LogP contribution is 2.51. The molecule has 6 aromatic carbocycles. The summed E-state index contributed by atoms with van der Waals surface area (Å²) < 4.78 is 2.27. The second-order valence-corrected chi connectivity index (χ2v) is 11.6. The van der Waals surface area contributed by atoms with Crippen LogP contribution in [0.3, 0.4) is 0 Å². The minimum atomic E-state index is 0.0981. The molecular weight excluding hydrogens is 520 g/mol. The van der Waals surface area contributed by atoms with Crippen molar-refractivity contribution in [1.82, 2.24) is 4.57 Å². The molecule has 3 nitrogen and oxygen atoms in total. The van der Waals surface area contributed by atoms with Crippen molar-refractivity contribution in [2.24, 2.45) is 0 Å². The van der Waals surface area contributed by atoms with Gasteiger partial charge in [-0.15, -0.1) is 0 Å². The number of benzene rings is 6. The highest BCUT2D eigenvalue weighted by Gasteiger charge is 2.31. The Labute approximate surface area is 241 Å². The number of anilines is 3. The van der Waals surface area contributed by atoms with Crippen LogP contribution in [-0.4, -0.2) is 10.4 Å². The van der Waals surface area contributed by atoms with Crippen molar-refractivity contribution in [1.29, 1.82) is 0 Å². The maximum Gasteiger partial charge on any atom is 0.196 e. The van der Waals surface area contributed by atoms with Gasteiger partial charge in [0.05, 0.1) is 28.0 Å². The predicted octanol–water partition coefficient (Wildman–Crippen LogP) is 9.93. The van der Waals surface area contributed by atoms with Gasteiger partial charge in [0.25, 0.3) is 0 Å². The first-order chi connectivity index (χ1) is 20.3. The van der Waals surface area contributed by atoms with E-state index in [4.69, 9.17) is 0 Å². The van der Waals surface area contributed by atoms with E-state index in [1.807, 2.05) is 30.0 Å². The first-order valence-electron chi connectivity index (χ1n) is 13.7. The summed E-state index contributed by atoms with van der Waals surface area (Å²) in [6.45, 7) is 0. The van der Waals surface area contributed by atoms with Gasteiger partial charge in [-0.1, -0.05) is 90.6 Å². The van der Waals surface area contributed by atoms with Gasteiger partial charge >= 0.3 is 0 Å². The first-order valence-corrected chi connectivity index (χ1v) is 14.6. The molecule has 1 aliphatic carbocycles. The van der Waals surface area contributed by atoms with Crippen LogP contribution < -0.4 is 4.90 Å². The zero-order chi connectivity index (χ0) is 27.1. The van der Waals surface area contributed by atoms with E-state index in [0.29, 0.717) is 0 Å². The number of carbonyl (C=O) groups excluding carboxylic acids is 1. The van der Waals surface area contributed by atoms with Crippen LogP contribution >= 0.6 is 11.8 Å². The number of rotatable bonds is 2. The quantitative estimate of drug-likeness (QED) is 0.217. The van der Waals surface area contributed by atoms with Crippen molar-refractivity contribution >= 4 is 56.4 Å². The van der Waals surface area contributed by atoms with Crippen molar-refractivity contribution in [3.8, 4) is 16.8 Å². The van der Waals surface area contributed by atoms with Gasteiger partial charge in [0.15, 0.2) is 5.78 Å². The molecule has 0 N–H and O–H groups in total. The number of carbonyl (C=O) groups is 1. The third kappa shape index (κ3) is 3.14. The van der Waals surface area contributed by atoms with Crippen LogP contribution in [-0.2, 0) is 0 Å². The zero-order valence-corrected chi connectivity index (χ0v) is 22.7. The summed E-state index contributed by atoms with van der Waals surface area (Å²) in [5, 5.41) is 2.24. The summed E-state index contributed by atoms with van der Waals surface area (Å²) >= 11 is 1.81. The Morgan fingerprint density at radius 2 is 1.10 bits per heavy atom. The molecule has 0 unspecified atom stereocenters. The lowest BCUT2D eigenvalue weighted by Crippen LogP contribution is -2.14. The topological polar surface area (TPSA) is 25.2 Å². The average Bonchev–Trinajstić information content (AvgIpc) is 3.52. The monoisotopic (exact) mass is 542 g/mol. The molecule has 0 saturated carbocycles. The van der Waals surface area contributed by atoms with Crippen molar-refractivity contribution in [2.75, 3.05) is 4.90 Å². The smallest absolute Gasteiger partial charge is 0.196 e. The average molecular weight is 543 g/mol. The number of aromatic nitrogens is 1. The van der Waals surface area contributed by atoms with Crippen molar-refractivity contribution < 1.29 is 4.79 Å². The Morgan fingerprint density at radius 1 is 0.488 bits per heavy atom. The fraction of sp³-hybridized carbons (Fsp3) is 0. The van der Waals surface area contributed by atoms with Crippen LogP contribution in [0.5, 0.6) is 0 Å². The van der Waals surface area contributed by atoms with Crippen LogP contribution in [0.2, 0.25) is 0 Å². The predicted molar refractivity (Wildman–Crippen MR) is 168 cm³/mol. The van der Waals surface area contributed by atoms with E-state index in [-0.39, 0.29) is 5.78 Å². The van der Waals surface area contributed by atoms with E-state index >= 15 is 0 Å². The van der Waals surface area contributed by atoms with Gasteiger partial charge in [-0.25, -0.2) is 0 Å². The lowest BCUT2D eigenvalue weighted by molar-refractivity contribution is 0.104. The fourth-order valence-corrected chi connectivity index (χ4v) is 7.62. The minimum absolute atomic E-state index is 0.0981. The van der Waals surface area contributed by atoms with Crippen LogP contribution in [0.1, 0.15) is 15.9 Å². The summed E-state index contributed by atoms with van der Waals surface area (Å²) in [4.78, 5) is 18.7. The number of nitrogens with zero attached hydrogens (tertiary/aromatic N) is 2. The molecule has 2 aliphatic rings. The molecule has 0 radical (unpaired) electrons. The number of para-hydroxylation sites is 3. The van der Waals surface area contributed by atoms with E-state index in [0.717, 1.165) is 55.4 Å². The van der Waals surface area contributed by atoms with Gasteiger partial charge in [0, 0.05) is 37.5 Å². The lowest BCUT2D eigenvalue weighted by Gasteiger charge is -2.32.